The molecular weight excluding hydrogens is 558 g/mol. The van der Waals surface area contributed by atoms with Crippen LogP contribution >= 0.6 is 0 Å². The summed E-state index contributed by atoms with van der Waals surface area (Å²) in [5.41, 5.74) is 3.37. The van der Waals surface area contributed by atoms with Crippen LogP contribution in [0.2, 0.25) is 0 Å². The lowest BCUT2D eigenvalue weighted by Crippen LogP contribution is -2.49. The molecule has 7 nitrogen and oxygen atoms in total. The fourth-order valence-corrected chi connectivity index (χ4v) is 8.24. The van der Waals surface area contributed by atoms with Crippen LogP contribution in [-0.2, 0) is 33.2 Å². The van der Waals surface area contributed by atoms with Gasteiger partial charge in [-0.05, 0) is 80.8 Å². The molecule has 1 saturated heterocycles. The molecule has 8 heteroatoms. The van der Waals surface area contributed by atoms with Crippen LogP contribution < -0.4 is 0 Å². The van der Waals surface area contributed by atoms with Crippen LogP contribution in [0.4, 0.5) is 4.79 Å². The summed E-state index contributed by atoms with van der Waals surface area (Å²) in [6, 6.07) is 27.3. The second-order valence-corrected chi connectivity index (χ2v) is 14.1. The van der Waals surface area contributed by atoms with Crippen LogP contribution in [0.1, 0.15) is 55.7 Å². The minimum absolute atomic E-state index is 0.163. The van der Waals surface area contributed by atoms with E-state index in [2.05, 4.69) is 29.2 Å². The van der Waals surface area contributed by atoms with Crippen LogP contribution in [0.25, 0.3) is 0 Å². The maximum atomic E-state index is 13.5. The summed E-state index contributed by atoms with van der Waals surface area (Å²) in [6.45, 7) is 6.08. The van der Waals surface area contributed by atoms with Crippen LogP contribution in [0, 0.1) is 0 Å². The van der Waals surface area contributed by atoms with E-state index in [4.69, 9.17) is 4.74 Å². The molecule has 0 saturated carbocycles. The summed E-state index contributed by atoms with van der Waals surface area (Å²) in [5.74, 6) is 0. The molecule has 1 amide bonds. The Hall–Kier alpha value is -3.20. The number of fused-ring (bicyclic) bond motifs is 1. The molecule has 0 spiro atoms. The normalized spacial score (nSPS) is 19.6. The van der Waals surface area contributed by atoms with Crippen molar-refractivity contribution in [3.63, 3.8) is 0 Å². The summed E-state index contributed by atoms with van der Waals surface area (Å²) in [4.78, 5) is 17.6. The summed E-state index contributed by atoms with van der Waals surface area (Å²) in [5, 5.41) is 0. The minimum atomic E-state index is -3.60. The van der Waals surface area contributed by atoms with Crippen molar-refractivity contribution in [1.29, 1.82) is 0 Å². The zero-order chi connectivity index (χ0) is 30.3. The minimum Gasteiger partial charge on any atom is -0.445 e. The maximum absolute atomic E-state index is 13.5. The highest BCUT2D eigenvalue weighted by atomic mass is 32.2. The zero-order valence-corrected chi connectivity index (χ0v) is 26.3. The number of sulfonamides is 1. The van der Waals surface area contributed by atoms with Gasteiger partial charge in [-0.2, -0.15) is 0 Å². The van der Waals surface area contributed by atoms with Crippen LogP contribution in [0.3, 0.4) is 0 Å². The number of rotatable bonds is 11. The number of ether oxygens (including phenoxy) is 1. The van der Waals surface area contributed by atoms with Crippen LogP contribution in [-0.4, -0.2) is 74.4 Å². The van der Waals surface area contributed by atoms with Gasteiger partial charge in [-0.15, -0.1) is 0 Å². The van der Waals surface area contributed by atoms with Gasteiger partial charge in [0, 0.05) is 44.7 Å². The van der Waals surface area contributed by atoms with Crippen molar-refractivity contribution in [3.05, 3.63) is 102 Å². The van der Waals surface area contributed by atoms with Crippen molar-refractivity contribution >= 4 is 16.1 Å². The molecule has 1 aliphatic carbocycles. The Kier molecular flexibility index (Phi) is 10.2. The van der Waals surface area contributed by atoms with E-state index in [1.165, 1.54) is 11.1 Å². The zero-order valence-electron chi connectivity index (χ0n) is 25.5. The number of likely N-dealkylation sites (tertiary alicyclic amines) is 1. The highest BCUT2D eigenvalue weighted by Crippen LogP contribution is 2.42. The second-order valence-electron chi connectivity index (χ2n) is 12.0. The van der Waals surface area contributed by atoms with Gasteiger partial charge in [-0.3, -0.25) is 0 Å². The first kappa shape index (κ1) is 31.2. The Morgan fingerprint density at radius 1 is 0.953 bits per heavy atom. The van der Waals surface area contributed by atoms with E-state index in [1.807, 2.05) is 48.2 Å². The number of amides is 1. The lowest BCUT2D eigenvalue weighted by molar-refractivity contribution is 0.0614. The van der Waals surface area contributed by atoms with Gasteiger partial charge in [0.15, 0.2) is 0 Å². The molecule has 0 N–H and O–H groups in total. The van der Waals surface area contributed by atoms with Crippen molar-refractivity contribution in [2.45, 2.75) is 68.4 Å². The predicted molar refractivity (Wildman–Crippen MR) is 170 cm³/mol. The fraction of sp³-hybridized carbons (Fsp3) is 0.457. The molecule has 0 aromatic heterocycles. The van der Waals surface area contributed by atoms with Gasteiger partial charge in [0.2, 0.25) is 10.0 Å². The van der Waals surface area contributed by atoms with Crippen molar-refractivity contribution in [3.8, 4) is 0 Å². The van der Waals surface area contributed by atoms with Crippen molar-refractivity contribution < 1.29 is 17.9 Å². The molecule has 1 atom stereocenters. The molecule has 3 aromatic rings. The van der Waals surface area contributed by atoms with Crippen molar-refractivity contribution in [2.24, 2.45) is 0 Å². The van der Waals surface area contributed by atoms with E-state index < -0.39 is 10.0 Å². The molecule has 1 unspecified atom stereocenters. The Morgan fingerprint density at radius 3 is 2.30 bits per heavy atom. The lowest BCUT2D eigenvalue weighted by atomic mass is 9.67. The largest absolute Gasteiger partial charge is 0.445 e. The molecule has 1 heterocycles. The third kappa shape index (κ3) is 7.31. The number of hydrogen-bond acceptors (Lipinski definition) is 5. The van der Waals surface area contributed by atoms with Gasteiger partial charge < -0.3 is 14.5 Å². The Balaban J connectivity index is 1.23. The first-order chi connectivity index (χ1) is 20.8. The van der Waals surface area contributed by atoms with E-state index >= 15 is 0 Å². The Labute approximate surface area is 257 Å². The summed E-state index contributed by atoms with van der Waals surface area (Å²) < 4.78 is 34.3. The molecular formula is C35H45N3O4S. The van der Waals surface area contributed by atoms with Crippen LogP contribution in [0.15, 0.2) is 89.8 Å². The van der Waals surface area contributed by atoms with E-state index in [0.717, 1.165) is 63.7 Å². The van der Waals surface area contributed by atoms with E-state index in [-0.39, 0.29) is 24.2 Å². The molecule has 5 rings (SSSR count). The van der Waals surface area contributed by atoms with E-state index in [9.17, 15) is 13.2 Å². The first-order valence-corrected chi connectivity index (χ1v) is 17.1. The lowest BCUT2D eigenvalue weighted by Gasteiger charge is -2.44. The summed E-state index contributed by atoms with van der Waals surface area (Å²) in [7, 11) is -1.88. The third-order valence-corrected chi connectivity index (χ3v) is 11.2. The molecule has 1 fully saturated rings. The number of carbonyl (C=O) groups is 1. The molecule has 0 radical (unpaired) electrons. The number of carbonyl (C=O) groups excluding carboxylic acids is 1. The smallest absolute Gasteiger partial charge is 0.410 e. The van der Waals surface area contributed by atoms with Gasteiger partial charge in [0.25, 0.3) is 0 Å². The Morgan fingerprint density at radius 2 is 1.60 bits per heavy atom. The topological polar surface area (TPSA) is 70.2 Å². The second kappa shape index (κ2) is 14.1. The quantitative estimate of drug-likeness (QED) is 0.265. The molecule has 2 aliphatic rings. The summed E-state index contributed by atoms with van der Waals surface area (Å²) >= 11 is 0. The summed E-state index contributed by atoms with van der Waals surface area (Å²) in [6.07, 6.45) is 5.50. The SMILES string of the molecule is CCN(C(=O)OCc1ccccc1)C1CCN(CCC2(CN(C)S(=O)(=O)c3ccccc3)CCCc3ccccc32)CC1. The molecule has 0 bridgehead atoms. The van der Waals surface area contributed by atoms with E-state index in [0.29, 0.717) is 18.0 Å². The molecule has 1 aliphatic heterocycles. The number of hydrogen-bond donors (Lipinski definition) is 0. The third-order valence-electron chi connectivity index (χ3n) is 9.35. The standard InChI is InChI=1S/C35H45N3O4S/c1-3-38(34(39)42-27-29-13-6-4-7-14-29)31-20-24-37(25-21-31)26-23-35(22-12-16-30-15-10-11-19-33(30)35)28-36(2)43(40,41)32-17-8-5-9-18-32/h4-11,13-15,17-19,31H,3,12,16,20-28H2,1-2H3. The van der Waals surface area contributed by atoms with Crippen LogP contribution in [0.5, 0.6) is 0 Å². The highest BCUT2D eigenvalue weighted by molar-refractivity contribution is 7.89. The number of aryl methyl sites for hydroxylation is 1. The molecule has 3 aromatic carbocycles. The van der Waals surface area contributed by atoms with Gasteiger partial charge in [-0.1, -0.05) is 72.8 Å². The number of piperidine rings is 1. The van der Waals surface area contributed by atoms with Crippen molar-refractivity contribution in [1.82, 2.24) is 14.1 Å². The average molecular weight is 604 g/mol. The maximum Gasteiger partial charge on any atom is 0.410 e. The van der Waals surface area contributed by atoms with Gasteiger partial charge in [0.05, 0.1) is 4.90 Å². The number of likely N-dealkylation sites (N-methyl/N-ethyl adjacent to an activating group) is 1. The van der Waals surface area contributed by atoms with Crippen molar-refractivity contribution in [2.75, 3.05) is 39.8 Å². The first-order valence-electron chi connectivity index (χ1n) is 15.6. The van der Waals surface area contributed by atoms with Gasteiger partial charge >= 0.3 is 6.09 Å². The van der Waals surface area contributed by atoms with E-state index in [1.54, 1.807) is 35.6 Å². The number of nitrogens with zero attached hydrogens (tertiary/aromatic N) is 3. The highest BCUT2D eigenvalue weighted by Gasteiger charge is 2.40. The van der Waals surface area contributed by atoms with Gasteiger partial charge in [0.1, 0.15) is 6.61 Å². The Bertz CT molecular complexity index is 1440. The monoisotopic (exact) mass is 603 g/mol. The fourth-order valence-electron chi connectivity index (χ4n) is 6.96. The predicted octanol–water partition coefficient (Wildman–Crippen LogP) is 6.09. The molecule has 230 valence electrons. The molecule has 43 heavy (non-hydrogen) atoms. The van der Waals surface area contributed by atoms with Gasteiger partial charge in [-0.25, -0.2) is 17.5 Å². The average Bonchev–Trinajstić information content (AvgIpc) is 3.05. The number of benzene rings is 3.